The third kappa shape index (κ3) is 7.82. The van der Waals surface area contributed by atoms with Crippen LogP contribution in [0.15, 0.2) is 41.0 Å². The predicted octanol–water partition coefficient (Wildman–Crippen LogP) is 4.37. The number of aliphatic hydroxyl groups excluding tert-OH is 1. The van der Waals surface area contributed by atoms with Crippen molar-refractivity contribution in [2.75, 3.05) is 32.8 Å². The largest absolute Gasteiger partial charge is 0.490 e. The van der Waals surface area contributed by atoms with Crippen LogP contribution in [0.5, 0.6) is 5.75 Å². The number of morpholine rings is 1. The lowest BCUT2D eigenvalue weighted by Gasteiger charge is -2.32. The summed E-state index contributed by atoms with van der Waals surface area (Å²) in [5.41, 5.74) is 11.4. The van der Waals surface area contributed by atoms with Crippen LogP contribution in [0.25, 0.3) is 5.57 Å². The Morgan fingerprint density at radius 3 is 2.70 bits per heavy atom. The number of ketones is 1. The Morgan fingerprint density at radius 2 is 2.00 bits per heavy atom. The first kappa shape index (κ1) is 30.0. The predicted molar refractivity (Wildman–Crippen MR) is 157 cm³/mol. The molecule has 1 aromatic rings. The van der Waals surface area contributed by atoms with Crippen molar-refractivity contribution in [3.8, 4) is 5.75 Å². The topological polar surface area (TPSA) is 114 Å². The molecule has 218 valence electrons. The average Bonchev–Trinajstić information content (AvgIpc) is 3.44. The number of amides is 1. The van der Waals surface area contributed by atoms with E-state index in [2.05, 4.69) is 36.7 Å². The Bertz CT molecular complexity index is 1150. The molecule has 3 N–H and O–H groups in total. The lowest BCUT2D eigenvalue weighted by molar-refractivity contribution is -0.136. The maximum atomic E-state index is 13.0. The number of hydrogen-bond donors (Lipinski definition) is 2. The van der Waals surface area contributed by atoms with Gasteiger partial charge in [-0.1, -0.05) is 18.2 Å². The van der Waals surface area contributed by atoms with Crippen LogP contribution in [-0.2, 0) is 14.3 Å². The summed E-state index contributed by atoms with van der Waals surface area (Å²) in [5.74, 6) is 1.38. The maximum absolute atomic E-state index is 13.0. The monoisotopic (exact) mass is 551 g/mol. The minimum atomic E-state index is -0.379. The fourth-order valence-electron chi connectivity index (χ4n) is 5.90. The summed E-state index contributed by atoms with van der Waals surface area (Å²) in [6.07, 6.45) is 7.71. The Hall–Kier alpha value is -2.97. The number of allylic oxidation sites excluding steroid dienone is 2. The van der Waals surface area contributed by atoms with Gasteiger partial charge in [-0.15, -0.1) is 0 Å². The highest BCUT2D eigenvalue weighted by Gasteiger charge is 2.29. The number of rotatable bonds is 10. The zero-order valence-electron chi connectivity index (χ0n) is 24.1. The molecule has 8 nitrogen and oxygen atoms in total. The highest BCUT2D eigenvalue weighted by Crippen LogP contribution is 2.32. The van der Waals surface area contributed by atoms with Gasteiger partial charge in [0.1, 0.15) is 11.4 Å². The molecule has 1 amide bonds. The number of carbonyl (C=O) groups excluding carboxylic acids is 2. The van der Waals surface area contributed by atoms with E-state index >= 15 is 0 Å². The molecule has 2 saturated carbocycles. The quantitative estimate of drug-likeness (QED) is 0.418. The van der Waals surface area contributed by atoms with Gasteiger partial charge in [0.2, 0.25) is 0 Å². The number of nitrogens with two attached hydrogens (primary N) is 1. The van der Waals surface area contributed by atoms with E-state index in [1.54, 1.807) is 4.90 Å². The van der Waals surface area contributed by atoms with Crippen molar-refractivity contribution in [2.24, 2.45) is 16.6 Å². The van der Waals surface area contributed by atoms with Crippen molar-refractivity contribution in [3.05, 3.63) is 47.2 Å². The zero-order valence-corrected chi connectivity index (χ0v) is 24.1. The fraction of sp³-hybridized carbons (Fsp3) is 0.594. The molecule has 1 saturated heterocycles. The Balaban J connectivity index is 1.22. The molecule has 2 aliphatic carbocycles. The first-order valence-electron chi connectivity index (χ1n) is 14.7. The molecule has 1 heterocycles. The van der Waals surface area contributed by atoms with E-state index in [1.165, 1.54) is 0 Å². The van der Waals surface area contributed by atoms with Gasteiger partial charge in [0.05, 0.1) is 32.0 Å². The third-order valence-corrected chi connectivity index (χ3v) is 8.41. The lowest BCUT2D eigenvalue weighted by Crippen LogP contribution is -2.48. The normalized spacial score (nSPS) is 25.6. The molecule has 3 fully saturated rings. The van der Waals surface area contributed by atoms with Gasteiger partial charge in [-0.05, 0) is 94.4 Å². The Morgan fingerprint density at radius 1 is 1.23 bits per heavy atom. The number of ether oxygens (including phenoxy) is 2. The fourth-order valence-corrected chi connectivity index (χ4v) is 5.90. The summed E-state index contributed by atoms with van der Waals surface area (Å²) in [6.45, 7) is 9.27. The first-order valence-corrected chi connectivity index (χ1v) is 14.7. The van der Waals surface area contributed by atoms with E-state index in [1.807, 2.05) is 6.92 Å². The van der Waals surface area contributed by atoms with Crippen molar-refractivity contribution in [1.29, 1.82) is 0 Å². The molecular formula is C32H45N3O5. The van der Waals surface area contributed by atoms with Crippen LogP contribution in [0.2, 0.25) is 0 Å². The number of benzene rings is 1. The standard InChI is InChI=1S/C32H45N3O5/c1-21(2)24-10-14-30(22(3)17-24)40-26-12-8-23(9-13-26)7-11-25(37)18-34-29-6-4-5-28(29)31(33)32(38)35-15-16-39-27(19-35)20-36/h10,14,17,23,26-27,36H,1,4-9,11-13,15-16,18-20,33H2,2-3H3/t23?,26?,27-/m0/s1. The minimum absolute atomic E-state index is 0.130. The maximum Gasteiger partial charge on any atom is 0.270 e. The van der Waals surface area contributed by atoms with Gasteiger partial charge in [0, 0.05) is 30.8 Å². The van der Waals surface area contributed by atoms with Crippen molar-refractivity contribution < 1.29 is 24.2 Å². The molecule has 0 unspecified atom stereocenters. The van der Waals surface area contributed by atoms with Crippen LogP contribution in [0, 0.1) is 12.8 Å². The van der Waals surface area contributed by atoms with Crippen LogP contribution >= 0.6 is 0 Å². The van der Waals surface area contributed by atoms with Crippen molar-refractivity contribution in [1.82, 2.24) is 4.90 Å². The van der Waals surface area contributed by atoms with Crippen LogP contribution in [-0.4, -0.2) is 72.5 Å². The zero-order chi connectivity index (χ0) is 28.6. The molecule has 0 radical (unpaired) electrons. The van der Waals surface area contributed by atoms with Gasteiger partial charge in [-0.3, -0.25) is 14.6 Å². The summed E-state index contributed by atoms with van der Waals surface area (Å²) >= 11 is 0. The van der Waals surface area contributed by atoms with Crippen molar-refractivity contribution in [2.45, 2.75) is 83.8 Å². The number of aryl methyl sites for hydroxylation is 1. The van der Waals surface area contributed by atoms with Crippen molar-refractivity contribution >= 4 is 23.0 Å². The second-order valence-electron chi connectivity index (χ2n) is 11.5. The number of aliphatic imine (C=N–C) groups is 1. The molecule has 4 rings (SSSR count). The van der Waals surface area contributed by atoms with Gasteiger partial charge in [-0.2, -0.15) is 0 Å². The number of Topliss-reactive ketones (excluding diaryl/α,β-unsaturated/α-hetero) is 1. The molecule has 8 heteroatoms. The van der Waals surface area contributed by atoms with E-state index in [0.29, 0.717) is 38.5 Å². The molecule has 3 aliphatic rings. The highest BCUT2D eigenvalue weighted by molar-refractivity contribution is 6.09. The summed E-state index contributed by atoms with van der Waals surface area (Å²) < 4.78 is 11.8. The Labute approximate surface area is 238 Å². The van der Waals surface area contributed by atoms with Gasteiger partial charge in [-0.25, -0.2) is 0 Å². The number of hydrogen-bond acceptors (Lipinski definition) is 7. The summed E-state index contributed by atoms with van der Waals surface area (Å²) in [6, 6.07) is 6.25. The molecule has 40 heavy (non-hydrogen) atoms. The molecular weight excluding hydrogens is 506 g/mol. The summed E-state index contributed by atoms with van der Waals surface area (Å²) in [4.78, 5) is 31.9. The van der Waals surface area contributed by atoms with Gasteiger partial charge in [0.15, 0.2) is 5.78 Å². The van der Waals surface area contributed by atoms with Gasteiger partial charge < -0.3 is 25.2 Å². The SMILES string of the molecule is C=C(C)c1ccc(OC2CCC(CCC(=O)CN=C3CCCC3=C(N)C(=O)N3CCO[C@H](CO)C3)CC2)c(C)c1. The number of carbonyl (C=O) groups is 2. The molecule has 0 aromatic heterocycles. The van der Waals surface area contributed by atoms with E-state index in [0.717, 1.165) is 78.7 Å². The second kappa shape index (κ2) is 14.1. The molecule has 1 aliphatic heterocycles. The summed E-state index contributed by atoms with van der Waals surface area (Å²) in [7, 11) is 0. The number of nitrogens with zero attached hydrogens (tertiary/aromatic N) is 2. The van der Waals surface area contributed by atoms with Crippen LogP contribution in [0.3, 0.4) is 0 Å². The van der Waals surface area contributed by atoms with Crippen LogP contribution in [0.4, 0.5) is 0 Å². The van der Waals surface area contributed by atoms with Gasteiger partial charge in [0.25, 0.3) is 5.91 Å². The molecule has 0 bridgehead atoms. The minimum Gasteiger partial charge on any atom is -0.490 e. The molecule has 0 spiro atoms. The lowest BCUT2D eigenvalue weighted by atomic mass is 9.84. The smallest absolute Gasteiger partial charge is 0.270 e. The Kier molecular flexibility index (Phi) is 10.6. The van der Waals surface area contributed by atoms with Crippen molar-refractivity contribution in [3.63, 3.8) is 0 Å². The first-order chi connectivity index (χ1) is 19.2. The average molecular weight is 552 g/mol. The summed E-state index contributed by atoms with van der Waals surface area (Å²) in [5, 5.41) is 9.36. The van der Waals surface area contributed by atoms with E-state index in [9.17, 15) is 14.7 Å². The number of aliphatic hydroxyl groups is 1. The second-order valence-corrected chi connectivity index (χ2v) is 11.5. The van der Waals surface area contributed by atoms with Crippen LogP contribution in [0.1, 0.15) is 75.8 Å². The van der Waals surface area contributed by atoms with E-state index in [4.69, 9.17) is 15.2 Å². The van der Waals surface area contributed by atoms with E-state index in [-0.39, 0.29) is 42.7 Å². The van der Waals surface area contributed by atoms with E-state index < -0.39 is 0 Å². The van der Waals surface area contributed by atoms with Crippen LogP contribution < -0.4 is 10.5 Å². The van der Waals surface area contributed by atoms with Gasteiger partial charge >= 0.3 is 0 Å². The molecule has 1 aromatic carbocycles. The third-order valence-electron chi connectivity index (χ3n) is 8.41. The molecule has 1 atom stereocenters. The highest BCUT2D eigenvalue weighted by atomic mass is 16.5.